The van der Waals surface area contributed by atoms with Crippen molar-refractivity contribution in [2.75, 3.05) is 13.2 Å². The minimum atomic E-state index is 0.0511. The summed E-state index contributed by atoms with van der Waals surface area (Å²) < 4.78 is 0. The van der Waals surface area contributed by atoms with Crippen LogP contribution in [0.4, 0.5) is 0 Å². The summed E-state index contributed by atoms with van der Waals surface area (Å²) in [5.74, 6) is 0.0528. The van der Waals surface area contributed by atoms with Crippen LogP contribution in [0, 0.1) is 0 Å². The summed E-state index contributed by atoms with van der Waals surface area (Å²) in [5, 5.41) is 15.0. The maximum atomic E-state index is 11.5. The second kappa shape index (κ2) is 7.63. The molecule has 0 rings (SSSR count). The minimum Gasteiger partial charge on any atom is -0.396 e. The Bertz CT molecular complexity index is 200. The maximum absolute atomic E-state index is 11.5. The summed E-state index contributed by atoms with van der Waals surface area (Å²) in [5.41, 5.74) is 0.0511. The zero-order chi connectivity index (χ0) is 12.6. The van der Waals surface area contributed by atoms with Gasteiger partial charge < -0.3 is 15.7 Å². The van der Waals surface area contributed by atoms with E-state index in [9.17, 15) is 4.79 Å². The van der Waals surface area contributed by atoms with Crippen LogP contribution >= 0.6 is 0 Å². The first-order valence-electron chi connectivity index (χ1n) is 6.04. The molecule has 0 saturated heterocycles. The number of nitrogens with one attached hydrogen (secondary N) is 2. The van der Waals surface area contributed by atoms with Crippen LogP contribution in [0.3, 0.4) is 0 Å². The van der Waals surface area contributed by atoms with Crippen LogP contribution in [0.25, 0.3) is 0 Å². The largest absolute Gasteiger partial charge is 0.396 e. The Kier molecular flexibility index (Phi) is 7.34. The van der Waals surface area contributed by atoms with Crippen molar-refractivity contribution in [3.8, 4) is 0 Å². The Morgan fingerprint density at radius 1 is 1.38 bits per heavy atom. The molecule has 0 aromatic heterocycles. The predicted octanol–water partition coefficient (Wildman–Crippen LogP) is 1.04. The van der Waals surface area contributed by atoms with Gasteiger partial charge >= 0.3 is 0 Å². The van der Waals surface area contributed by atoms with E-state index in [1.54, 1.807) is 0 Å². The van der Waals surface area contributed by atoms with E-state index in [2.05, 4.69) is 31.4 Å². The highest BCUT2D eigenvalue weighted by Crippen LogP contribution is 1.99. The molecule has 0 aliphatic rings. The summed E-state index contributed by atoms with van der Waals surface area (Å²) in [6, 6.07) is 0.104. The molecule has 0 heterocycles. The number of hydrogen-bond acceptors (Lipinski definition) is 3. The number of aliphatic hydroxyl groups excluding tert-OH is 1. The van der Waals surface area contributed by atoms with Crippen molar-refractivity contribution >= 4 is 5.91 Å². The first kappa shape index (κ1) is 15.4. The zero-order valence-electron chi connectivity index (χ0n) is 11.0. The molecule has 4 heteroatoms. The third-order valence-corrected chi connectivity index (χ3v) is 2.34. The summed E-state index contributed by atoms with van der Waals surface area (Å²) in [6.07, 6.45) is 1.98. The SMILES string of the molecule is CCC(CCO)NC(=O)CCNC(C)(C)C. The van der Waals surface area contributed by atoms with Crippen LogP contribution in [0.1, 0.15) is 47.0 Å². The van der Waals surface area contributed by atoms with Crippen molar-refractivity contribution in [1.82, 2.24) is 10.6 Å². The van der Waals surface area contributed by atoms with Crippen LogP contribution in [-0.4, -0.2) is 35.7 Å². The van der Waals surface area contributed by atoms with Gasteiger partial charge in [0.05, 0.1) is 0 Å². The molecular weight excluding hydrogens is 204 g/mol. The van der Waals surface area contributed by atoms with E-state index >= 15 is 0 Å². The molecule has 16 heavy (non-hydrogen) atoms. The van der Waals surface area contributed by atoms with Gasteiger partial charge in [-0.3, -0.25) is 4.79 Å². The Morgan fingerprint density at radius 2 is 2.00 bits per heavy atom. The van der Waals surface area contributed by atoms with E-state index in [1.165, 1.54) is 0 Å². The molecule has 3 N–H and O–H groups in total. The summed E-state index contributed by atoms with van der Waals surface area (Å²) in [7, 11) is 0. The predicted molar refractivity (Wildman–Crippen MR) is 66.3 cm³/mol. The lowest BCUT2D eigenvalue weighted by molar-refractivity contribution is -0.121. The van der Waals surface area contributed by atoms with Crippen LogP contribution in [-0.2, 0) is 4.79 Å². The molecule has 1 amide bonds. The fourth-order valence-electron chi connectivity index (χ4n) is 1.39. The van der Waals surface area contributed by atoms with Crippen molar-refractivity contribution in [1.29, 1.82) is 0 Å². The summed E-state index contributed by atoms with van der Waals surface area (Å²) in [6.45, 7) is 9.04. The van der Waals surface area contributed by atoms with Crippen molar-refractivity contribution in [3.63, 3.8) is 0 Å². The van der Waals surface area contributed by atoms with Gasteiger partial charge in [-0.2, -0.15) is 0 Å². The topological polar surface area (TPSA) is 61.4 Å². The van der Waals surface area contributed by atoms with Crippen LogP contribution in [0.5, 0.6) is 0 Å². The fourth-order valence-corrected chi connectivity index (χ4v) is 1.39. The molecule has 0 fully saturated rings. The van der Waals surface area contributed by atoms with Crippen molar-refractivity contribution < 1.29 is 9.90 Å². The molecule has 0 aliphatic carbocycles. The van der Waals surface area contributed by atoms with Gasteiger partial charge in [0, 0.05) is 31.2 Å². The first-order valence-corrected chi connectivity index (χ1v) is 6.04. The Balaban J connectivity index is 3.72. The highest BCUT2D eigenvalue weighted by atomic mass is 16.3. The van der Waals surface area contributed by atoms with E-state index in [0.717, 1.165) is 6.42 Å². The maximum Gasteiger partial charge on any atom is 0.221 e. The van der Waals surface area contributed by atoms with Gasteiger partial charge in [-0.05, 0) is 33.6 Å². The standard InChI is InChI=1S/C12H26N2O2/c1-5-10(7-9-15)14-11(16)6-8-13-12(2,3)4/h10,13,15H,5-9H2,1-4H3,(H,14,16). The molecule has 4 nitrogen and oxygen atoms in total. The molecule has 0 spiro atoms. The van der Waals surface area contributed by atoms with Gasteiger partial charge in [0.25, 0.3) is 0 Å². The van der Waals surface area contributed by atoms with Gasteiger partial charge in [0.1, 0.15) is 0 Å². The lowest BCUT2D eigenvalue weighted by Crippen LogP contribution is -2.40. The molecular formula is C12H26N2O2. The Hall–Kier alpha value is -0.610. The van der Waals surface area contributed by atoms with Gasteiger partial charge in [-0.1, -0.05) is 6.92 Å². The van der Waals surface area contributed by atoms with Crippen molar-refractivity contribution in [3.05, 3.63) is 0 Å². The first-order chi connectivity index (χ1) is 7.39. The molecule has 0 bridgehead atoms. The highest BCUT2D eigenvalue weighted by Gasteiger charge is 2.12. The number of carbonyl (C=O) groups excluding carboxylic acids is 1. The van der Waals surface area contributed by atoms with Gasteiger partial charge in [-0.15, -0.1) is 0 Å². The molecule has 0 radical (unpaired) electrons. The summed E-state index contributed by atoms with van der Waals surface area (Å²) in [4.78, 5) is 11.5. The quantitative estimate of drug-likeness (QED) is 0.612. The molecule has 0 aliphatic heterocycles. The molecule has 96 valence electrons. The third-order valence-electron chi connectivity index (χ3n) is 2.34. The molecule has 1 unspecified atom stereocenters. The lowest BCUT2D eigenvalue weighted by Gasteiger charge is -2.21. The van der Waals surface area contributed by atoms with E-state index in [4.69, 9.17) is 5.11 Å². The average molecular weight is 230 g/mol. The van der Waals surface area contributed by atoms with E-state index in [1.807, 2.05) is 6.92 Å². The fraction of sp³-hybridized carbons (Fsp3) is 0.917. The number of aliphatic hydroxyl groups is 1. The minimum absolute atomic E-state index is 0.0511. The van der Waals surface area contributed by atoms with E-state index in [0.29, 0.717) is 19.4 Å². The second-order valence-corrected chi connectivity index (χ2v) is 5.11. The third kappa shape index (κ3) is 8.68. The second-order valence-electron chi connectivity index (χ2n) is 5.11. The molecule has 0 aromatic rings. The van der Waals surface area contributed by atoms with Crippen LogP contribution in [0.15, 0.2) is 0 Å². The zero-order valence-corrected chi connectivity index (χ0v) is 11.0. The Labute approximate surface area is 98.8 Å². The number of hydrogen-bond donors (Lipinski definition) is 3. The van der Waals surface area contributed by atoms with Gasteiger partial charge in [0.2, 0.25) is 5.91 Å². The number of carbonyl (C=O) groups is 1. The Morgan fingerprint density at radius 3 is 2.44 bits per heavy atom. The van der Waals surface area contributed by atoms with Gasteiger partial charge in [0.15, 0.2) is 0 Å². The summed E-state index contributed by atoms with van der Waals surface area (Å²) >= 11 is 0. The van der Waals surface area contributed by atoms with Crippen molar-refractivity contribution in [2.45, 2.75) is 58.5 Å². The normalized spacial score (nSPS) is 13.6. The van der Waals surface area contributed by atoms with Crippen molar-refractivity contribution in [2.24, 2.45) is 0 Å². The van der Waals surface area contributed by atoms with Crippen LogP contribution in [0.2, 0.25) is 0 Å². The molecule has 1 atom stereocenters. The van der Waals surface area contributed by atoms with E-state index in [-0.39, 0.29) is 24.1 Å². The van der Waals surface area contributed by atoms with Gasteiger partial charge in [-0.25, -0.2) is 0 Å². The number of rotatable bonds is 7. The average Bonchev–Trinajstić information content (AvgIpc) is 2.15. The van der Waals surface area contributed by atoms with E-state index < -0.39 is 0 Å². The number of amides is 1. The lowest BCUT2D eigenvalue weighted by atomic mass is 10.1. The highest BCUT2D eigenvalue weighted by molar-refractivity contribution is 5.76. The monoisotopic (exact) mass is 230 g/mol. The smallest absolute Gasteiger partial charge is 0.221 e. The molecule has 0 saturated carbocycles. The van der Waals surface area contributed by atoms with Crippen LogP contribution < -0.4 is 10.6 Å². The molecule has 0 aromatic carbocycles.